The van der Waals surface area contributed by atoms with Gasteiger partial charge in [-0.25, -0.2) is 0 Å². The molecular formula is C14H26O13. The van der Waals surface area contributed by atoms with Crippen LogP contribution in [0.25, 0.3) is 0 Å². The zero-order chi connectivity index (χ0) is 20.5. The van der Waals surface area contributed by atoms with Gasteiger partial charge in [-0.15, -0.1) is 0 Å². The summed E-state index contributed by atoms with van der Waals surface area (Å²) in [5, 5.41) is 97.0. The lowest BCUT2D eigenvalue weighted by molar-refractivity contribution is -0.363. The minimum absolute atomic E-state index is 0.838. The van der Waals surface area contributed by atoms with Crippen LogP contribution in [0.5, 0.6) is 0 Å². The summed E-state index contributed by atoms with van der Waals surface area (Å²) in [6.45, 7) is -1.68. The number of rotatable bonds is 6. The Hall–Kier alpha value is -0.520. The Labute approximate surface area is 153 Å². The van der Waals surface area contributed by atoms with Crippen molar-refractivity contribution in [1.82, 2.24) is 0 Å². The van der Waals surface area contributed by atoms with E-state index in [9.17, 15) is 40.9 Å². The molecule has 2 aliphatic rings. The first-order valence-electron chi connectivity index (χ1n) is 8.26. The number of aliphatic hydroxyl groups is 10. The molecule has 2 aliphatic heterocycles. The van der Waals surface area contributed by atoms with Gasteiger partial charge in [-0.1, -0.05) is 0 Å². The average molecular weight is 402 g/mol. The monoisotopic (exact) mass is 402 g/mol. The summed E-state index contributed by atoms with van der Waals surface area (Å²) >= 11 is 0. The molecule has 13 nitrogen and oxygen atoms in total. The molecule has 160 valence electrons. The first-order chi connectivity index (χ1) is 12.6. The van der Waals surface area contributed by atoms with Crippen LogP contribution in [0.4, 0.5) is 0 Å². The van der Waals surface area contributed by atoms with Crippen LogP contribution < -0.4 is 0 Å². The Balaban J connectivity index is 2.18. The van der Waals surface area contributed by atoms with E-state index in [-0.39, 0.29) is 0 Å². The van der Waals surface area contributed by atoms with Gasteiger partial charge in [0.2, 0.25) is 0 Å². The van der Waals surface area contributed by atoms with E-state index in [1.165, 1.54) is 0 Å². The lowest BCUT2D eigenvalue weighted by Crippen LogP contribution is -2.66. The lowest BCUT2D eigenvalue weighted by Gasteiger charge is -2.46. The van der Waals surface area contributed by atoms with E-state index in [4.69, 9.17) is 24.4 Å². The summed E-state index contributed by atoms with van der Waals surface area (Å²) in [5.74, 6) is 0. The fourth-order valence-electron chi connectivity index (χ4n) is 3.02. The van der Waals surface area contributed by atoms with E-state index in [1.54, 1.807) is 0 Å². The molecule has 0 radical (unpaired) electrons. The molecule has 1 unspecified atom stereocenters. The molecule has 2 heterocycles. The molecule has 2 fully saturated rings. The van der Waals surface area contributed by atoms with Crippen LogP contribution in [0.1, 0.15) is 0 Å². The van der Waals surface area contributed by atoms with Crippen molar-refractivity contribution < 1.29 is 65.3 Å². The van der Waals surface area contributed by atoms with Crippen molar-refractivity contribution >= 4 is 0 Å². The van der Waals surface area contributed by atoms with Crippen LogP contribution in [0, 0.1) is 0 Å². The zero-order valence-electron chi connectivity index (χ0n) is 14.0. The van der Waals surface area contributed by atoms with E-state index < -0.39 is 86.8 Å². The van der Waals surface area contributed by atoms with E-state index >= 15 is 0 Å². The van der Waals surface area contributed by atoms with E-state index in [1.807, 2.05) is 0 Å². The lowest BCUT2D eigenvalue weighted by atomic mass is 9.93. The van der Waals surface area contributed by atoms with Crippen LogP contribution in [0.15, 0.2) is 0 Å². The molecule has 2 rings (SSSR count). The van der Waals surface area contributed by atoms with Gasteiger partial charge >= 0.3 is 0 Å². The van der Waals surface area contributed by atoms with Crippen molar-refractivity contribution in [2.75, 3.05) is 13.2 Å². The van der Waals surface area contributed by atoms with Crippen molar-refractivity contribution in [3.63, 3.8) is 0 Å². The van der Waals surface area contributed by atoms with Crippen molar-refractivity contribution in [3.8, 4) is 0 Å². The Morgan fingerprint density at radius 3 is 1.70 bits per heavy atom. The summed E-state index contributed by atoms with van der Waals surface area (Å²) in [5.41, 5.74) is 0. The predicted molar refractivity (Wildman–Crippen MR) is 80.6 cm³/mol. The van der Waals surface area contributed by atoms with Gasteiger partial charge < -0.3 is 65.3 Å². The smallest absolute Gasteiger partial charge is 0.187 e. The Kier molecular flexibility index (Phi) is 7.86. The summed E-state index contributed by atoms with van der Waals surface area (Å²) in [7, 11) is 0. The van der Waals surface area contributed by atoms with Gasteiger partial charge in [0.1, 0.15) is 61.0 Å². The molecule has 0 saturated carbocycles. The summed E-state index contributed by atoms with van der Waals surface area (Å²) < 4.78 is 15.2. The maximum atomic E-state index is 10.2. The van der Waals surface area contributed by atoms with E-state index in [0.717, 1.165) is 0 Å². The quantitative estimate of drug-likeness (QED) is 0.199. The third-order valence-electron chi connectivity index (χ3n) is 4.63. The van der Waals surface area contributed by atoms with Crippen molar-refractivity contribution in [3.05, 3.63) is 0 Å². The van der Waals surface area contributed by atoms with Crippen LogP contribution in [0.2, 0.25) is 0 Å². The fourth-order valence-corrected chi connectivity index (χ4v) is 3.02. The minimum Gasteiger partial charge on any atom is -0.394 e. The first-order valence-corrected chi connectivity index (χ1v) is 8.26. The van der Waals surface area contributed by atoms with Gasteiger partial charge in [0.05, 0.1) is 13.2 Å². The van der Waals surface area contributed by atoms with Crippen molar-refractivity contribution in [2.24, 2.45) is 0 Å². The molecule has 0 aromatic rings. The maximum absolute atomic E-state index is 10.2. The molecule has 13 heteroatoms. The Morgan fingerprint density at radius 2 is 1.19 bits per heavy atom. The number of hydrogen-bond donors (Lipinski definition) is 10. The Bertz CT molecular complexity index is 466. The van der Waals surface area contributed by atoms with Gasteiger partial charge in [0, 0.05) is 0 Å². The van der Waals surface area contributed by atoms with Gasteiger partial charge in [-0.3, -0.25) is 0 Å². The molecule has 12 atom stereocenters. The summed E-state index contributed by atoms with van der Waals surface area (Å²) in [4.78, 5) is 0. The molecule has 10 N–H and O–H groups in total. The fraction of sp³-hybridized carbons (Fsp3) is 1.00. The van der Waals surface area contributed by atoms with Gasteiger partial charge in [-0.05, 0) is 0 Å². The third kappa shape index (κ3) is 4.56. The Morgan fingerprint density at radius 1 is 0.667 bits per heavy atom. The van der Waals surface area contributed by atoms with Crippen LogP contribution in [-0.2, 0) is 14.2 Å². The molecule has 0 bridgehead atoms. The molecule has 0 aromatic carbocycles. The number of hydrogen-bond acceptors (Lipinski definition) is 13. The highest BCUT2D eigenvalue weighted by Crippen LogP contribution is 2.30. The highest BCUT2D eigenvalue weighted by molar-refractivity contribution is 4.96. The molecule has 0 aliphatic carbocycles. The summed E-state index contributed by atoms with van der Waals surface area (Å²) in [6, 6.07) is 0. The van der Waals surface area contributed by atoms with E-state index in [0.29, 0.717) is 0 Å². The van der Waals surface area contributed by atoms with Gasteiger partial charge in [-0.2, -0.15) is 0 Å². The SMILES string of the molecule is OC[C@H](O)[C@H]1O[C@H](O[C@H]2[C@H](O)[C@@H]([C@@H](O)CO)OC(O)[C@H]2O)[C@@H](O)[C@@H](O)[C@@H]1O. The second kappa shape index (κ2) is 9.32. The minimum atomic E-state index is -1.93. The third-order valence-corrected chi connectivity index (χ3v) is 4.63. The zero-order valence-corrected chi connectivity index (χ0v) is 14.0. The predicted octanol–water partition coefficient (Wildman–Crippen LogP) is -6.68. The maximum Gasteiger partial charge on any atom is 0.187 e. The second-order valence-corrected chi connectivity index (χ2v) is 6.51. The topological polar surface area (TPSA) is 230 Å². The van der Waals surface area contributed by atoms with Crippen molar-refractivity contribution in [1.29, 1.82) is 0 Å². The van der Waals surface area contributed by atoms with Gasteiger partial charge in [0.15, 0.2) is 12.6 Å². The normalized spacial score (nSPS) is 48.2. The first kappa shape index (κ1) is 22.8. The summed E-state index contributed by atoms with van der Waals surface area (Å²) in [6.07, 6.45) is -21.1. The van der Waals surface area contributed by atoms with E-state index in [2.05, 4.69) is 0 Å². The van der Waals surface area contributed by atoms with Gasteiger partial charge in [0.25, 0.3) is 0 Å². The average Bonchev–Trinajstić information content (AvgIpc) is 2.66. The molecule has 0 aromatic heterocycles. The van der Waals surface area contributed by atoms with Crippen LogP contribution in [0.3, 0.4) is 0 Å². The number of aliphatic hydroxyl groups excluding tert-OH is 10. The standard InChI is InChI=1S/C14H26O13/c15-1-3(17)10-6(20)5(19)7(21)14(26-10)27-12-8(22)11(4(18)2-16)25-13(24)9(12)23/h3-24H,1-2H2/t3-,4-,5-,6-,7-,8+,9-,10+,11+,12-,13?,14+/m0/s1. The van der Waals surface area contributed by atoms with Crippen molar-refractivity contribution in [2.45, 2.75) is 73.6 Å². The molecule has 27 heavy (non-hydrogen) atoms. The largest absolute Gasteiger partial charge is 0.394 e. The number of ether oxygens (including phenoxy) is 3. The highest BCUT2D eigenvalue weighted by atomic mass is 16.7. The highest BCUT2D eigenvalue weighted by Gasteiger charge is 2.52. The molecular weight excluding hydrogens is 376 g/mol. The molecule has 0 amide bonds. The second-order valence-electron chi connectivity index (χ2n) is 6.51. The molecule has 0 spiro atoms. The van der Waals surface area contributed by atoms with Crippen LogP contribution >= 0.6 is 0 Å². The van der Waals surface area contributed by atoms with Crippen LogP contribution in [-0.4, -0.2) is 138 Å². The molecule has 2 saturated heterocycles.